The van der Waals surface area contributed by atoms with E-state index < -0.39 is 23.3 Å². The van der Waals surface area contributed by atoms with Gasteiger partial charge in [-0.1, -0.05) is 0 Å². The van der Waals surface area contributed by atoms with E-state index in [9.17, 15) is 26.3 Å². The second kappa shape index (κ2) is 5.77. The predicted octanol–water partition coefficient (Wildman–Crippen LogP) is 6.34. The molecule has 1 aromatic heterocycles. The first-order valence-electron chi connectivity index (χ1n) is 7.55. The lowest BCUT2D eigenvalue weighted by Gasteiger charge is -2.25. The number of halogens is 6. The molecule has 0 aliphatic heterocycles. The van der Waals surface area contributed by atoms with E-state index >= 15 is 0 Å². The van der Waals surface area contributed by atoms with E-state index in [-0.39, 0.29) is 22.1 Å². The van der Waals surface area contributed by atoms with Crippen molar-refractivity contribution < 1.29 is 31.1 Å². The molecule has 0 unspecified atom stereocenters. The van der Waals surface area contributed by atoms with Crippen LogP contribution in [-0.2, 0) is 0 Å². The van der Waals surface area contributed by atoms with Gasteiger partial charge in [-0.15, -0.1) is 11.3 Å². The Kier molecular flexibility index (Phi) is 4.18. The molecule has 3 rings (SSSR count). The molecule has 1 heterocycles. The third-order valence-corrected chi connectivity index (χ3v) is 5.68. The molecule has 2 aromatic rings. The predicted molar refractivity (Wildman–Crippen MR) is 88.6 cm³/mol. The van der Waals surface area contributed by atoms with Crippen LogP contribution in [0.1, 0.15) is 16.0 Å². The number of benzene rings is 1. The maximum absolute atomic E-state index is 14.1. The number of allylic oxidation sites excluding steroid dienone is 2. The zero-order chi connectivity index (χ0) is 19.5. The van der Waals surface area contributed by atoms with E-state index in [4.69, 9.17) is 4.74 Å². The first kappa shape index (κ1) is 18.8. The van der Waals surface area contributed by atoms with Crippen molar-refractivity contribution in [1.29, 1.82) is 0 Å². The second-order valence-corrected chi connectivity index (χ2v) is 7.27. The molecule has 1 aliphatic rings. The molecule has 0 radical (unpaired) electrons. The monoisotopic (exact) mass is 392 g/mol. The van der Waals surface area contributed by atoms with Crippen molar-refractivity contribution in [3.8, 4) is 16.2 Å². The standard InChI is InChI=1S/C18H14F6OS/c1-9-14(13-8-16(19,20)18(23,24)17(13,21)22)10(2)26-15(9)11-4-6-12(25-3)7-5-11/h4-8H,1-3H3. The van der Waals surface area contributed by atoms with Crippen LogP contribution >= 0.6 is 11.3 Å². The third kappa shape index (κ3) is 2.46. The van der Waals surface area contributed by atoms with Crippen LogP contribution in [0.15, 0.2) is 30.3 Å². The molecule has 8 heteroatoms. The second-order valence-electron chi connectivity index (χ2n) is 6.05. The van der Waals surface area contributed by atoms with E-state index in [2.05, 4.69) is 0 Å². The summed E-state index contributed by atoms with van der Waals surface area (Å²) in [6, 6.07) is 6.70. The van der Waals surface area contributed by atoms with Gasteiger partial charge in [0.15, 0.2) is 0 Å². The molecule has 1 aliphatic carbocycles. The van der Waals surface area contributed by atoms with Gasteiger partial charge in [0.2, 0.25) is 0 Å². The van der Waals surface area contributed by atoms with E-state index in [1.54, 1.807) is 24.3 Å². The maximum atomic E-state index is 14.1. The van der Waals surface area contributed by atoms with Gasteiger partial charge in [0.05, 0.1) is 7.11 Å². The minimum absolute atomic E-state index is 0.248. The first-order valence-corrected chi connectivity index (χ1v) is 8.37. The first-order chi connectivity index (χ1) is 11.9. The summed E-state index contributed by atoms with van der Waals surface area (Å²) in [5, 5.41) is 0. The van der Waals surface area contributed by atoms with Gasteiger partial charge in [0.25, 0.3) is 0 Å². The van der Waals surface area contributed by atoms with Crippen molar-refractivity contribution >= 4 is 16.9 Å². The van der Waals surface area contributed by atoms with E-state index in [0.717, 1.165) is 11.3 Å². The summed E-state index contributed by atoms with van der Waals surface area (Å²) < 4.78 is 87.4. The summed E-state index contributed by atoms with van der Waals surface area (Å²) >= 11 is 1.09. The minimum Gasteiger partial charge on any atom is -0.497 e. The molecular formula is C18H14F6OS. The van der Waals surface area contributed by atoms with Crippen molar-refractivity contribution in [2.24, 2.45) is 0 Å². The Morgan fingerprint density at radius 3 is 1.96 bits per heavy atom. The van der Waals surface area contributed by atoms with Crippen LogP contribution < -0.4 is 4.74 Å². The summed E-state index contributed by atoms with van der Waals surface area (Å²) in [5.74, 6) is -14.7. The Labute approximate surface area is 149 Å². The van der Waals surface area contributed by atoms with Gasteiger partial charge < -0.3 is 4.74 Å². The molecule has 1 aromatic carbocycles. The van der Waals surface area contributed by atoms with Gasteiger partial charge in [-0.2, -0.15) is 26.3 Å². The largest absolute Gasteiger partial charge is 0.497 e. The van der Waals surface area contributed by atoms with Crippen molar-refractivity contribution in [3.05, 3.63) is 46.3 Å². The smallest absolute Gasteiger partial charge is 0.380 e. The van der Waals surface area contributed by atoms with Crippen LogP contribution in [-0.4, -0.2) is 24.9 Å². The number of rotatable bonds is 3. The highest BCUT2D eigenvalue weighted by molar-refractivity contribution is 7.16. The summed E-state index contributed by atoms with van der Waals surface area (Å²) in [6.45, 7) is 2.91. The number of thiophene rings is 1. The van der Waals surface area contributed by atoms with Crippen molar-refractivity contribution in [2.45, 2.75) is 31.6 Å². The molecule has 0 atom stereocenters. The van der Waals surface area contributed by atoms with Gasteiger partial charge in [0.1, 0.15) is 5.75 Å². The summed E-state index contributed by atoms with van der Waals surface area (Å²) in [6.07, 6.45) is -0.299. The SMILES string of the molecule is COc1ccc(-c2sc(C)c(C3=CC(F)(F)C(F)(F)C3(F)F)c2C)cc1. The lowest BCUT2D eigenvalue weighted by molar-refractivity contribution is -0.257. The quantitative estimate of drug-likeness (QED) is 0.554. The molecule has 140 valence electrons. The molecule has 1 nitrogen and oxygen atoms in total. The Bertz CT molecular complexity index is 880. The van der Waals surface area contributed by atoms with Crippen LogP contribution in [0.2, 0.25) is 0 Å². The summed E-state index contributed by atoms with van der Waals surface area (Å²) in [7, 11) is 1.49. The van der Waals surface area contributed by atoms with Gasteiger partial charge in [-0.25, -0.2) is 0 Å². The van der Waals surface area contributed by atoms with E-state index in [0.29, 0.717) is 16.2 Å². The zero-order valence-electron chi connectivity index (χ0n) is 14.0. The summed E-state index contributed by atoms with van der Waals surface area (Å²) in [4.78, 5) is 0.822. The Morgan fingerprint density at radius 2 is 1.50 bits per heavy atom. The summed E-state index contributed by atoms with van der Waals surface area (Å²) in [5.41, 5.74) is -0.652. The average Bonchev–Trinajstić information content (AvgIpc) is 2.92. The van der Waals surface area contributed by atoms with Gasteiger partial charge in [-0.05, 0) is 49.2 Å². The Balaban J connectivity index is 2.15. The van der Waals surface area contributed by atoms with Crippen LogP contribution in [0.5, 0.6) is 5.75 Å². The lowest BCUT2D eigenvalue weighted by Crippen LogP contribution is -2.48. The van der Waals surface area contributed by atoms with Gasteiger partial charge in [-0.3, -0.25) is 0 Å². The molecule has 0 fully saturated rings. The van der Waals surface area contributed by atoms with Crippen molar-refractivity contribution in [2.75, 3.05) is 7.11 Å². The number of hydrogen-bond acceptors (Lipinski definition) is 2. The number of aryl methyl sites for hydroxylation is 1. The van der Waals surface area contributed by atoms with Crippen LogP contribution in [0.3, 0.4) is 0 Å². The van der Waals surface area contributed by atoms with Gasteiger partial charge >= 0.3 is 17.8 Å². The highest BCUT2D eigenvalue weighted by Gasteiger charge is 2.77. The van der Waals surface area contributed by atoms with E-state index in [1.807, 2.05) is 0 Å². The van der Waals surface area contributed by atoms with Crippen molar-refractivity contribution in [1.82, 2.24) is 0 Å². The fraction of sp³-hybridized carbons (Fsp3) is 0.333. The third-order valence-electron chi connectivity index (χ3n) is 4.42. The Hall–Kier alpha value is -1.96. The van der Waals surface area contributed by atoms with Crippen molar-refractivity contribution in [3.63, 3.8) is 0 Å². The maximum Gasteiger partial charge on any atom is 0.380 e. The molecular weight excluding hydrogens is 378 g/mol. The molecule has 0 N–H and O–H groups in total. The number of methoxy groups -OCH3 is 1. The highest BCUT2D eigenvalue weighted by atomic mass is 32.1. The minimum atomic E-state index is -5.46. The lowest BCUT2D eigenvalue weighted by atomic mass is 9.96. The van der Waals surface area contributed by atoms with Crippen LogP contribution in [0.4, 0.5) is 26.3 Å². The topological polar surface area (TPSA) is 9.23 Å². The average molecular weight is 392 g/mol. The molecule has 0 bridgehead atoms. The highest BCUT2D eigenvalue weighted by Crippen LogP contribution is 2.60. The Morgan fingerprint density at radius 1 is 0.923 bits per heavy atom. The molecule has 0 amide bonds. The number of ether oxygens (including phenoxy) is 1. The fourth-order valence-electron chi connectivity index (χ4n) is 3.04. The van der Waals surface area contributed by atoms with Crippen LogP contribution in [0.25, 0.3) is 16.0 Å². The van der Waals surface area contributed by atoms with Crippen LogP contribution in [0, 0.1) is 13.8 Å². The fourth-order valence-corrected chi connectivity index (χ4v) is 4.22. The molecule has 0 saturated carbocycles. The number of alkyl halides is 6. The zero-order valence-corrected chi connectivity index (χ0v) is 14.8. The number of hydrogen-bond donors (Lipinski definition) is 0. The normalized spacial score (nSPS) is 20.1. The molecule has 26 heavy (non-hydrogen) atoms. The molecule has 0 saturated heterocycles. The van der Waals surface area contributed by atoms with E-state index in [1.165, 1.54) is 21.0 Å². The van der Waals surface area contributed by atoms with Gasteiger partial charge in [0, 0.05) is 27.0 Å². The molecule has 0 spiro atoms.